The smallest absolute Gasteiger partial charge is 0.119 e. The van der Waals surface area contributed by atoms with Crippen LogP contribution in [0, 0.1) is 0 Å². The molecule has 1 atom stereocenters. The van der Waals surface area contributed by atoms with Gasteiger partial charge in [0, 0.05) is 10.9 Å². The Labute approximate surface area is 124 Å². The quantitative estimate of drug-likeness (QED) is 0.720. The molecule has 0 bridgehead atoms. The number of ether oxygens (including phenoxy) is 1. The molecule has 1 rings (SSSR count). The zero-order valence-electron chi connectivity index (χ0n) is 12.0. The molecule has 0 saturated heterocycles. The van der Waals surface area contributed by atoms with Gasteiger partial charge < -0.3 is 15.2 Å². The van der Waals surface area contributed by atoms with E-state index in [-0.39, 0.29) is 0 Å². The first-order valence-electron chi connectivity index (χ1n) is 6.74. The Morgan fingerprint density at radius 3 is 2.74 bits per heavy atom. The number of hydrogen-bond acceptors (Lipinski definition) is 3. The summed E-state index contributed by atoms with van der Waals surface area (Å²) in [5.74, 6) is 0.818. The van der Waals surface area contributed by atoms with Crippen LogP contribution in [-0.4, -0.2) is 30.9 Å². The SMILES string of the molecule is CCCNCCC(C)(O)Cc1cc(OC)ccc1Br. The highest BCUT2D eigenvalue weighted by molar-refractivity contribution is 9.10. The second kappa shape index (κ2) is 7.88. The summed E-state index contributed by atoms with van der Waals surface area (Å²) in [6.45, 7) is 5.85. The summed E-state index contributed by atoms with van der Waals surface area (Å²) in [6.07, 6.45) is 2.46. The summed E-state index contributed by atoms with van der Waals surface area (Å²) in [4.78, 5) is 0. The molecule has 3 nitrogen and oxygen atoms in total. The van der Waals surface area contributed by atoms with E-state index in [1.165, 1.54) is 0 Å². The predicted molar refractivity (Wildman–Crippen MR) is 82.8 cm³/mol. The molecule has 0 spiro atoms. The molecule has 0 aliphatic carbocycles. The van der Waals surface area contributed by atoms with Crippen molar-refractivity contribution in [3.05, 3.63) is 28.2 Å². The first-order valence-corrected chi connectivity index (χ1v) is 7.53. The largest absolute Gasteiger partial charge is 0.497 e. The first kappa shape index (κ1) is 16.5. The molecular weight excluding hydrogens is 306 g/mol. The monoisotopic (exact) mass is 329 g/mol. The summed E-state index contributed by atoms with van der Waals surface area (Å²) >= 11 is 3.52. The lowest BCUT2D eigenvalue weighted by molar-refractivity contribution is 0.0514. The Bertz CT molecular complexity index is 394. The van der Waals surface area contributed by atoms with Gasteiger partial charge in [0.05, 0.1) is 12.7 Å². The molecule has 1 unspecified atom stereocenters. The predicted octanol–water partition coefficient (Wildman–Crippen LogP) is 3.14. The van der Waals surface area contributed by atoms with Crippen molar-refractivity contribution in [2.24, 2.45) is 0 Å². The molecule has 0 aliphatic heterocycles. The van der Waals surface area contributed by atoms with Crippen LogP contribution in [0.1, 0.15) is 32.3 Å². The number of aliphatic hydroxyl groups is 1. The third-order valence-electron chi connectivity index (χ3n) is 3.09. The number of nitrogens with one attached hydrogen (secondary N) is 1. The summed E-state index contributed by atoms with van der Waals surface area (Å²) in [6, 6.07) is 5.84. The molecule has 1 aromatic rings. The highest BCUT2D eigenvalue weighted by Crippen LogP contribution is 2.27. The summed E-state index contributed by atoms with van der Waals surface area (Å²) in [7, 11) is 1.65. The fourth-order valence-electron chi connectivity index (χ4n) is 1.97. The Kier molecular flexibility index (Phi) is 6.83. The topological polar surface area (TPSA) is 41.5 Å². The molecule has 0 aliphatic rings. The van der Waals surface area contributed by atoms with Crippen LogP contribution in [-0.2, 0) is 6.42 Å². The second-order valence-corrected chi connectivity index (χ2v) is 5.99. The van der Waals surface area contributed by atoms with Crippen molar-refractivity contribution in [2.75, 3.05) is 20.2 Å². The molecule has 0 amide bonds. The van der Waals surface area contributed by atoms with E-state index in [4.69, 9.17) is 4.74 Å². The van der Waals surface area contributed by atoms with Crippen LogP contribution in [0.3, 0.4) is 0 Å². The molecule has 2 N–H and O–H groups in total. The molecule has 108 valence electrons. The maximum atomic E-state index is 10.5. The number of halogens is 1. The van der Waals surface area contributed by atoms with Crippen molar-refractivity contribution in [2.45, 2.75) is 38.7 Å². The maximum Gasteiger partial charge on any atom is 0.119 e. The van der Waals surface area contributed by atoms with E-state index in [1.54, 1.807) is 7.11 Å². The highest BCUT2D eigenvalue weighted by Gasteiger charge is 2.21. The normalized spacial score (nSPS) is 14.2. The van der Waals surface area contributed by atoms with E-state index in [0.717, 1.165) is 41.7 Å². The van der Waals surface area contributed by atoms with Gasteiger partial charge in [-0.15, -0.1) is 0 Å². The summed E-state index contributed by atoms with van der Waals surface area (Å²) in [5.41, 5.74) is 0.357. The molecule has 4 heteroatoms. The van der Waals surface area contributed by atoms with Crippen molar-refractivity contribution in [1.29, 1.82) is 0 Å². The minimum atomic E-state index is -0.713. The van der Waals surface area contributed by atoms with E-state index < -0.39 is 5.60 Å². The molecular formula is C15H24BrNO2. The van der Waals surface area contributed by atoms with Gasteiger partial charge in [-0.05, 0) is 56.6 Å². The van der Waals surface area contributed by atoms with Gasteiger partial charge in [0.1, 0.15) is 5.75 Å². The van der Waals surface area contributed by atoms with Gasteiger partial charge in [-0.2, -0.15) is 0 Å². The Balaban J connectivity index is 2.61. The maximum absolute atomic E-state index is 10.5. The van der Waals surface area contributed by atoms with Gasteiger partial charge in [0.25, 0.3) is 0 Å². The lowest BCUT2D eigenvalue weighted by atomic mass is 9.93. The highest BCUT2D eigenvalue weighted by atomic mass is 79.9. The van der Waals surface area contributed by atoms with Crippen LogP contribution in [0.25, 0.3) is 0 Å². The van der Waals surface area contributed by atoms with Crippen LogP contribution in [0.5, 0.6) is 5.75 Å². The molecule has 19 heavy (non-hydrogen) atoms. The van der Waals surface area contributed by atoms with Gasteiger partial charge in [0.15, 0.2) is 0 Å². The van der Waals surface area contributed by atoms with Gasteiger partial charge in [-0.3, -0.25) is 0 Å². The van der Waals surface area contributed by atoms with Crippen LogP contribution >= 0.6 is 15.9 Å². The number of rotatable bonds is 8. The Morgan fingerprint density at radius 2 is 2.11 bits per heavy atom. The van der Waals surface area contributed by atoms with E-state index in [2.05, 4.69) is 28.2 Å². The van der Waals surface area contributed by atoms with Gasteiger partial charge >= 0.3 is 0 Å². The molecule has 0 saturated carbocycles. The standard InChI is InChI=1S/C15H24BrNO2/c1-4-8-17-9-7-15(2,18)11-12-10-13(19-3)5-6-14(12)16/h5-6,10,17-18H,4,7-9,11H2,1-3H3. The minimum absolute atomic E-state index is 0.610. The fraction of sp³-hybridized carbons (Fsp3) is 0.600. The molecule has 0 aromatic heterocycles. The van der Waals surface area contributed by atoms with Crippen LogP contribution < -0.4 is 10.1 Å². The number of benzene rings is 1. The summed E-state index contributed by atoms with van der Waals surface area (Å²) < 4.78 is 6.23. The number of hydrogen-bond donors (Lipinski definition) is 2. The van der Waals surface area contributed by atoms with E-state index in [0.29, 0.717) is 6.42 Å². The average molecular weight is 330 g/mol. The van der Waals surface area contributed by atoms with Crippen molar-refractivity contribution in [1.82, 2.24) is 5.32 Å². The van der Waals surface area contributed by atoms with Crippen molar-refractivity contribution in [3.8, 4) is 5.75 Å². The number of methoxy groups -OCH3 is 1. The van der Waals surface area contributed by atoms with Gasteiger partial charge in [0.2, 0.25) is 0 Å². The average Bonchev–Trinajstić information content (AvgIpc) is 2.37. The third-order valence-corrected chi connectivity index (χ3v) is 3.86. The first-order chi connectivity index (χ1) is 8.98. The van der Waals surface area contributed by atoms with Gasteiger partial charge in [-0.1, -0.05) is 22.9 Å². The van der Waals surface area contributed by atoms with E-state index in [9.17, 15) is 5.11 Å². The minimum Gasteiger partial charge on any atom is -0.497 e. The fourth-order valence-corrected chi connectivity index (χ4v) is 2.36. The molecule has 1 aromatic carbocycles. The second-order valence-electron chi connectivity index (χ2n) is 5.13. The van der Waals surface area contributed by atoms with Crippen LogP contribution in [0.15, 0.2) is 22.7 Å². The van der Waals surface area contributed by atoms with Crippen molar-refractivity contribution < 1.29 is 9.84 Å². The molecule has 0 radical (unpaired) electrons. The summed E-state index contributed by atoms with van der Waals surface area (Å²) in [5, 5.41) is 13.8. The van der Waals surface area contributed by atoms with Crippen LogP contribution in [0.4, 0.5) is 0 Å². The van der Waals surface area contributed by atoms with Crippen LogP contribution in [0.2, 0.25) is 0 Å². The van der Waals surface area contributed by atoms with E-state index >= 15 is 0 Å². The van der Waals surface area contributed by atoms with Crippen molar-refractivity contribution >= 4 is 15.9 Å². The zero-order valence-corrected chi connectivity index (χ0v) is 13.6. The lowest BCUT2D eigenvalue weighted by Crippen LogP contribution is -2.32. The van der Waals surface area contributed by atoms with Crippen molar-refractivity contribution in [3.63, 3.8) is 0 Å². The molecule has 0 fully saturated rings. The van der Waals surface area contributed by atoms with Gasteiger partial charge in [-0.25, -0.2) is 0 Å². The molecule has 0 heterocycles. The Hall–Kier alpha value is -0.580. The lowest BCUT2D eigenvalue weighted by Gasteiger charge is -2.24. The Morgan fingerprint density at radius 1 is 1.37 bits per heavy atom. The zero-order chi connectivity index (χ0) is 14.3. The third kappa shape index (κ3) is 5.93. The van der Waals surface area contributed by atoms with E-state index in [1.807, 2.05) is 25.1 Å².